The largest absolute Gasteiger partial charge is 0.377 e. The molecule has 2 aliphatic heterocycles. The van der Waals surface area contributed by atoms with Gasteiger partial charge in [-0.2, -0.15) is 5.10 Å². The van der Waals surface area contributed by atoms with Crippen molar-refractivity contribution in [2.45, 2.75) is 51.5 Å². The Balaban J connectivity index is 1.43. The molecular weight excluding hydrogens is 320 g/mol. The molecule has 4 rings (SSSR count). The molecule has 7 heteroatoms. The van der Waals surface area contributed by atoms with E-state index in [9.17, 15) is 0 Å². The number of rotatable bonds is 4. The summed E-state index contributed by atoms with van der Waals surface area (Å²) in [5.74, 6) is 0.903. The van der Waals surface area contributed by atoms with Crippen molar-refractivity contribution < 1.29 is 14.0 Å². The van der Waals surface area contributed by atoms with E-state index >= 15 is 0 Å². The summed E-state index contributed by atoms with van der Waals surface area (Å²) in [6, 6.07) is 1.95. The van der Waals surface area contributed by atoms with Crippen LogP contribution >= 0.6 is 0 Å². The second kappa shape index (κ2) is 6.90. The molecule has 4 heterocycles. The van der Waals surface area contributed by atoms with Crippen molar-refractivity contribution in [2.24, 2.45) is 0 Å². The summed E-state index contributed by atoms with van der Waals surface area (Å²) < 4.78 is 19.6. The molecule has 0 radical (unpaired) electrons. The Morgan fingerprint density at radius 3 is 3.04 bits per heavy atom. The first-order valence-corrected chi connectivity index (χ1v) is 9.01. The fraction of sp³-hybridized carbons (Fsp3) is 0.667. The number of hydrogen-bond acceptors (Lipinski definition) is 6. The van der Waals surface area contributed by atoms with Gasteiger partial charge in [0.2, 0.25) is 0 Å². The van der Waals surface area contributed by atoms with Crippen LogP contribution in [0.5, 0.6) is 0 Å². The van der Waals surface area contributed by atoms with Gasteiger partial charge in [0.25, 0.3) is 0 Å². The molecule has 2 saturated heterocycles. The Bertz CT molecular complexity index is 680. The molecule has 2 unspecified atom stereocenters. The van der Waals surface area contributed by atoms with Gasteiger partial charge in [-0.15, -0.1) is 0 Å². The zero-order chi connectivity index (χ0) is 17.3. The molecule has 0 saturated carbocycles. The van der Waals surface area contributed by atoms with Gasteiger partial charge in [0, 0.05) is 37.6 Å². The molecule has 2 aromatic rings. The predicted molar refractivity (Wildman–Crippen MR) is 91.1 cm³/mol. The molecule has 0 aliphatic carbocycles. The van der Waals surface area contributed by atoms with Crippen molar-refractivity contribution in [2.75, 3.05) is 26.3 Å². The third-order valence-corrected chi connectivity index (χ3v) is 5.28. The van der Waals surface area contributed by atoms with E-state index in [2.05, 4.69) is 15.2 Å². The average molecular weight is 346 g/mol. The van der Waals surface area contributed by atoms with Crippen molar-refractivity contribution in [3.05, 3.63) is 35.5 Å². The molecule has 0 amide bonds. The minimum atomic E-state index is -0.215. The lowest BCUT2D eigenvalue weighted by atomic mass is 9.99. The van der Waals surface area contributed by atoms with Crippen molar-refractivity contribution in [1.29, 1.82) is 0 Å². The van der Waals surface area contributed by atoms with Gasteiger partial charge in [0.05, 0.1) is 31.6 Å². The van der Waals surface area contributed by atoms with Crippen LogP contribution < -0.4 is 0 Å². The Morgan fingerprint density at radius 2 is 2.28 bits per heavy atom. The first kappa shape index (κ1) is 16.8. The Hall–Kier alpha value is -1.70. The highest BCUT2D eigenvalue weighted by Gasteiger charge is 2.43. The summed E-state index contributed by atoms with van der Waals surface area (Å²) in [6.45, 7) is 8.80. The van der Waals surface area contributed by atoms with E-state index in [1.165, 1.54) is 5.56 Å². The highest BCUT2D eigenvalue weighted by Crippen LogP contribution is 2.34. The molecule has 0 aromatic carbocycles. The molecule has 25 heavy (non-hydrogen) atoms. The van der Waals surface area contributed by atoms with E-state index in [1.54, 1.807) is 0 Å². The van der Waals surface area contributed by atoms with E-state index in [1.807, 2.05) is 37.0 Å². The molecule has 0 bridgehead atoms. The summed E-state index contributed by atoms with van der Waals surface area (Å²) in [5.41, 5.74) is 1.94. The van der Waals surface area contributed by atoms with Gasteiger partial charge in [-0.3, -0.25) is 9.58 Å². The van der Waals surface area contributed by atoms with Gasteiger partial charge >= 0.3 is 0 Å². The first-order chi connectivity index (χ1) is 12.1. The van der Waals surface area contributed by atoms with Crippen LogP contribution in [0, 0.1) is 13.8 Å². The van der Waals surface area contributed by atoms with Gasteiger partial charge in [0.1, 0.15) is 11.4 Å². The fourth-order valence-electron chi connectivity index (χ4n) is 3.93. The standard InChI is InChI=1S/C18H26N4O3/c1-14-17(15(2)25-20-14)11-21-8-9-23-13-18(12-21)5-4-16(24-18)10-22-7-3-6-19-22/h3,6-7,16H,4-5,8-13H2,1-2H3. The van der Waals surface area contributed by atoms with Crippen LogP contribution in [0.15, 0.2) is 23.0 Å². The number of ether oxygens (including phenoxy) is 2. The van der Waals surface area contributed by atoms with Crippen molar-refractivity contribution in [1.82, 2.24) is 19.8 Å². The lowest BCUT2D eigenvalue weighted by Gasteiger charge is -2.32. The second-order valence-corrected chi connectivity index (χ2v) is 7.26. The van der Waals surface area contributed by atoms with Crippen molar-refractivity contribution in [3.63, 3.8) is 0 Å². The van der Waals surface area contributed by atoms with Crippen LogP contribution in [0.25, 0.3) is 0 Å². The normalized spacial score (nSPS) is 27.8. The van der Waals surface area contributed by atoms with Gasteiger partial charge in [-0.25, -0.2) is 0 Å². The van der Waals surface area contributed by atoms with Gasteiger partial charge < -0.3 is 14.0 Å². The third kappa shape index (κ3) is 3.63. The first-order valence-electron chi connectivity index (χ1n) is 9.01. The fourth-order valence-corrected chi connectivity index (χ4v) is 3.93. The van der Waals surface area contributed by atoms with Crippen LogP contribution in [-0.4, -0.2) is 57.8 Å². The molecular formula is C18H26N4O3. The smallest absolute Gasteiger partial charge is 0.138 e. The SMILES string of the molecule is Cc1noc(C)c1CN1CCOCC2(CCC(Cn3cccn3)O2)C1. The van der Waals surface area contributed by atoms with Crippen molar-refractivity contribution in [3.8, 4) is 0 Å². The highest BCUT2D eigenvalue weighted by molar-refractivity contribution is 5.20. The summed E-state index contributed by atoms with van der Waals surface area (Å²) >= 11 is 0. The second-order valence-electron chi connectivity index (χ2n) is 7.26. The van der Waals surface area contributed by atoms with Gasteiger partial charge in [-0.05, 0) is 32.8 Å². The number of aromatic nitrogens is 3. The zero-order valence-corrected chi connectivity index (χ0v) is 15.0. The molecule has 7 nitrogen and oxygen atoms in total. The Labute approximate surface area is 147 Å². The maximum absolute atomic E-state index is 6.49. The lowest BCUT2D eigenvalue weighted by molar-refractivity contribution is -0.0905. The highest BCUT2D eigenvalue weighted by atomic mass is 16.6. The molecule has 2 aliphatic rings. The molecule has 2 aromatic heterocycles. The summed E-state index contributed by atoms with van der Waals surface area (Å²) in [6.07, 6.45) is 6.06. The topological polar surface area (TPSA) is 65.5 Å². The maximum atomic E-state index is 6.49. The summed E-state index contributed by atoms with van der Waals surface area (Å²) in [4.78, 5) is 2.41. The van der Waals surface area contributed by atoms with Crippen LogP contribution in [0.2, 0.25) is 0 Å². The van der Waals surface area contributed by atoms with Crippen LogP contribution in [-0.2, 0) is 22.6 Å². The molecule has 0 N–H and O–H groups in total. The summed E-state index contributed by atoms with van der Waals surface area (Å²) in [5, 5.41) is 8.37. The quantitative estimate of drug-likeness (QED) is 0.843. The third-order valence-electron chi connectivity index (χ3n) is 5.28. The molecule has 2 fully saturated rings. The van der Waals surface area contributed by atoms with Gasteiger partial charge in [-0.1, -0.05) is 5.16 Å². The lowest BCUT2D eigenvalue weighted by Crippen LogP contribution is -2.44. The van der Waals surface area contributed by atoms with Gasteiger partial charge in [0.15, 0.2) is 0 Å². The average Bonchev–Trinajstić information content (AvgIpc) is 3.27. The van der Waals surface area contributed by atoms with E-state index in [4.69, 9.17) is 14.0 Å². The zero-order valence-electron chi connectivity index (χ0n) is 15.0. The van der Waals surface area contributed by atoms with E-state index < -0.39 is 0 Å². The maximum Gasteiger partial charge on any atom is 0.138 e. The summed E-state index contributed by atoms with van der Waals surface area (Å²) in [7, 11) is 0. The Kier molecular flexibility index (Phi) is 4.62. The van der Waals surface area contributed by atoms with Crippen molar-refractivity contribution >= 4 is 0 Å². The van der Waals surface area contributed by atoms with E-state index in [-0.39, 0.29) is 11.7 Å². The van der Waals surface area contributed by atoms with Crippen LogP contribution in [0.4, 0.5) is 0 Å². The number of aryl methyl sites for hydroxylation is 2. The molecule has 136 valence electrons. The van der Waals surface area contributed by atoms with E-state index in [0.29, 0.717) is 6.61 Å². The number of nitrogens with zero attached hydrogens (tertiary/aromatic N) is 4. The molecule has 2 atom stereocenters. The predicted octanol–water partition coefficient (Wildman–Crippen LogP) is 1.94. The minimum Gasteiger partial charge on any atom is -0.377 e. The van der Waals surface area contributed by atoms with E-state index in [0.717, 1.165) is 57.1 Å². The minimum absolute atomic E-state index is 0.197. The van der Waals surface area contributed by atoms with Crippen LogP contribution in [0.3, 0.4) is 0 Å². The monoisotopic (exact) mass is 346 g/mol. The Morgan fingerprint density at radius 1 is 1.36 bits per heavy atom. The van der Waals surface area contributed by atoms with Crippen LogP contribution in [0.1, 0.15) is 29.9 Å². The molecule has 1 spiro atoms. The number of hydrogen-bond donors (Lipinski definition) is 0.